The summed E-state index contributed by atoms with van der Waals surface area (Å²) in [5, 5.41) is 0. The van der Waals surface area contributed by atoms with Gasteiger partial charge in [0.25, 0.3) is 10.0 Å². The Labute approximate surface area is 168 Å². The molecule has 0 radical (unpaired) electrons. The number of nitrogens with zero attached hydrogens (tertiary/aromatic N) is 1. The Morgan fingerprint density at radius 1 is 0.889 bits per heavy atom. The van der Waals surface area contributed by atoms with Crippen molar-refractivity contribution in [2.75, 3.05) is 10.8 Å². The van der Waals surface area contributed by atoms with Crippen molar-refractivity contribution in [3.63, 3.8) is 0 Å². The van der Waals surface area contributed by atoms with Crippen LogP contribution in [0.3, 0.4) is 0 Å². The molecule has 0 aromatic heterocycles. The predicted octanol–water partition coefficient (Wildman–Crippen LogP) is 5.10. The summed E-state index contributed by atoms with van der Waals surface area (Å²) >= 11 is 3.77. The molecule has 1 aliphatic heterocycles. The van der Waals surface area contributed by atoms with Gasteiger partial charge in [-0.3, -0.25) is 4.31 Å². The molecule has 3 aromatic rings. The molecular weight excluding hydrogens is 422 g/mol. The number of hydrogen-bond donors (Lipinski definition) is 0. The van der Waals surface area contributed by atoms with Gasteiger partial charge < -0.3 is 0 Å². The number of sulfonamides is 1. The Hall–Kier alpha value is -2.11. The van der Waals surface area contributed by atoms with Gasteiger partial charge in [0.05, 0.1) is 10.6 Å². The van der Waals surface area contributed by atoms with E-state index in [1.54, 1.807) is 12.1 Å². The molecule has 3 aromatic carbocycles. The minimum absolute atomic E-state index is 0.0185. The average Bonchev–Trinajstić information content (AvgIpc) is 2.68. The van der Waals surface area contributed by atoms with Crippen molar-refractivity contribution in [3.8, 4) is 0 Å². The highest BCUT2D eigenvalue weighted by Gasteiger charge is 2.38. The summed E-state index contributed by atoms with van der Waals surface area (Å²) < 4.78 is 28.2. The highest BCUT2D eigenvalue weighted by molar-refractivity contribution is 9.09. The number of hydrogen-bond acceptors (Lipinski definition) is 2. The summed E-state index contributed by atoms with van der Waals surface area (Å²) in [6, 6.07) is 25.1. The zero-order valence-corrected chi connectivity index (χ0v) is 17.3. The van der Waals surface area contributed by atoms with E-state index in [0.717, 1.165) is 16.8 Å². The van der Waals surface area contributed by atoms with Gasteiger partial charge in [-0.25, -0.2) is 8.42 Å². The van der Waals surface area contributed by atoms with Gasteiger partial charge in [-0.15, -0.1) is 0 Å². The molecule has 27 heavy (non-hydrogen) atoms. The largest absolute Gasteiger partial charge is 0.265 e. The fourth-order valence-electron chi connectivity index (χ4n) is 3.65. The fourth-order valence-corrected chi connectivity index (χ4v) is 6.24. The third-order valence-electron chi connectivity index (χ3n) is 5.01. The second kappa shape index (κ2) is 7.13. The lowest BCUT2D eigenvalue weighted by Crippen LogP contribution is -2.42. The first kappa shape index (κ1) is 18.3. The van der Waals surface area contributed by atoms with Crippen molar-refractivity contribution in [3.05, 3.63) is 95.6 Å². The molecule has 0 saturated carbocycles. The molecule has 0 saturated heterocycles. The fraction of sp³-hybridized carbons (Fsp3) is 0.182. The van der Waals surface area contributed by atoms with Crippen LogP contribution >= 0.6 is 15.9 Å². The Bertz CT molecular complexity index is 1050. The highest BCUT2D eigenvalue weighted by atomic mass is 79.9. The number of fused-ring (bicyclic) bond motifs is 1. The van der Waals surface area contributed by atoms with Gasteiger partial charge in [0.2, 0.25) is 0 Å². The zero-order chi connectivity index (χ0) is 19.0. The smallest absolute Gasteiger partial charge is 0.264 e. The standard InChI is InChI=1S/C22H20BrNO2S/c1-16-11-13-18(14-12-16)27(25,26)24-15-20(23)22(17-7-3-2-4-8-17)19-9-5-6-10-21(19)24/h2-14,20,22H,15H2,1H3/t20-,22-/m1/s1. The SMILES string of the molecule is Cc1ccc(S(=O)(=O)N2C[C@@H](Br)[C@H](c3ccccc3)c3ccccc32)cc1. The Morgan fingerprint density at radius 2 is 1.52 bits per heavy atom. The van der Waals surface area contributed by atoms with Gasteiger partial charge in [0.15, 0.2) is 0 Å². The molecule has 0 N–H and O–H groups in total. The van der Waals surface area contributed by atoms with Gasteiger partial charge >= 0.3 is 0 Å². The van der Waals surface area contributed by atoms with Crippen LogP contribution in [0.25, 0.3) is 0 Å². The van der Waals surface area contributed by atoms with E-state index in [0.29, 0.717) is 11.4 Å². The van der Waals surface area contributed by atoms with Gasteiger partial charge in [0.1, 0.15) is 0 Å². The average molecular weight is 442 g/mol. The minimum Gasteiger partial charge on any atom is -0.265 e. The topological polar surface area (TPSA) is 37.4 Å². The molecule has 0 bridgehead atoms. The molecule has 3 nitrogen and oxygen atoms in total. The minimum atomic E-state index is -3.63. The molecule has 0 amide bonds. The lowest BCUT2D eigenvalue weighted by molar-refractivity contribution is 0.584. The summed E-state index contributed by atoms with van der Waals surface area (Å²) in [6.45, 7) is 2.33. The quantitative estimate of drug-likeness (QED) is 0.530. The third-order valence-corrected chi connectivity index (χ3v) is 7.62. The maximum atomic E-state index is 13.4. The molecule has 5 heteroatoms. The Kier molecular flexibility index (Phi) is 4.82. The van der Waals surface area contributed by atoms with Gasteiger partial charge in [-0.2, -0.15) is 0 Å². The molecule has 1 aliphatic rings. The molecule has 0 aliphatic carbocycles. The molecule has 0 fully saturated rings. The van der Waals surface area contributed by atoms with Crippen LogP contribution in [0.15, 0.2) is 83.8 Å². The van der Waals surface area contributed by atoms with Gasteiger partial charge in [-0.05, 0) is 36.2 Å². The maximum absolute atomic E-state index is 13.4. The molecular formula is C22H20BrNO2S. The van der Waals surface area contributed by atoms with Crippen molar-refractivity contribution in [1.29, 1.82) is 0 Å². The molecule has 1 heterocycles. The number of para-hydroxylation sites is 1. The number of alkyl halides is 1. The number of halogens is 1. The number of rotatable bonds is 3. The summed E-state index contributed by atoms with van der Waals surface area (Å²) in [7, 11) is -3.63. The molecule has 2 atom stereocenters. The monoisotopic (exact) mass is 441 g/mol. The van der Waals surface area contributed by atoms with Gasteiger partial charge in [-0.1, -0.05) is 82.2 Å². The van der Waals surface area contributed by atoms with Crippen LogP contribution < -0.4 is 4.31 Å². The normalized spacial score (nSPS) is 19.6. The number of benzene rings is 3. The van der Waals surface area contributed by atoms with E-state index in [4.69, 9.17) is 0 Å². The van der Waals surface area contributed by atoms with Crippen LogP contribution in [-0.4, -0.2) is 19.8 Å². The van der Waals surface area contributed by atoms with Crippen LogP contribution in [0.2, 0.25) is 0 Å². The van der Waals surface area contributed by atoms with E-state index in [1.807, 2.05) is 61.5 Å². The maximum Gasteiger partial charge on any atom is 0.264 e. The predicted molar refractivity (Wildman–Crippen MR) is 113 cm³/mol. The van der Waals surface area contributed by atoms with E-state index in [9.17, 15) is 8.42 Å². The second-order valence-corrected chi connectivity index (χ2v) is 9.85. The van der Waals surface area contributed by atoms with Crippen molar-refractivity contribution in [2.24, 2.45) is 0 Å². The van der Waals surface area contributed by atoms with Crippen LogP contribution in [0.1, 0.15) is 22.6 Å². The first-order valence-electron chi connectivity index (χ1n) is 8.86. The lowest BCUT2D eigenvalue weighted by Gasteiger charge is -2.38. The summed E-state index contributed by atoms with van der Waals surface area (Å²) in [5.41, 5.74) is 3.99. The summed E-state index contributed by atoms with van der Waals surface area (Å²) in [5.74, 6) is 0.104. The number of aryl methyl sites for hydroxylation is 1. The van der Waals surface area contributed by atoms with Crippen LogP contribution in [0.5, 0.6) is 0 Å². The zero-order valence-electron chi connectivity index (χ0n) is 14.9. The summed E-state index contributed by atoms with van der Waals surface area (Å²) in [4.78, 5) is 0.302. The van der Waals surface area contributed by atoms with E-state index in [-0.39, 0.29) is 10.7 Å². The Morgan fingerprint density at radius 3 is 2.22 bits per heavy atom. The Balaban J connectivity index is 1.83. The third kappa shape index (κ3) is 3.30. The van der Waals surface area contributed by atoms with Crippen LogP contribution in [0, 0.1) is 6.92 Å². The highest BCUT2D eigenvalue weighted by Crippen LogP contribution is 2.44. The molecule has 0 unspecified atom stereocenters. The van der Waals surface area contributed by atoms with Gasteiger partial charge in [0, 0.05) is 17.3 Å². The van der Waals surface area contributed by atoms with Crippen LogP contribution in [-0.2, 0) is 10.0 Å². The lowest BCUT2D eigenvalue weighted by atomic mass is 9.85. The van der Waals surface area contributed by atoms with E-state index in [1.165, 1.54) is 9.87 Å². The first-order valence-corrected chi connectivity index (χ1v) is 11.2. The molecule has 4 rings (SSSR count). The van der Waals surface area contributed by atoms with E-state index >= 15 is 0 Å². The van der Waals surface area contributed by atoms with Crippen LogP contribution in [0.4, 0.5) is 5.69 Å². The number of anilines is 1. The van der Waals surface area contributed by atoms with Crippen molar-refractivity contribution >= 4 is 31.6 Å². The second-order valence-electron chi connectivity index (χ2n) is 6.81. The van der Waals surface area contributed by atoms with Crippen molar-refractivity contribution < 1.29 is 8.42 Å². The molecule has 0 spiro atoms. The summed E-state index contributed by atoms with van der Waals surface area (Å²) in [6.07, 6.45) is 0. The molecule has 138 valence electrons. The van der Waals surface area contributed by atoms with E-state index < -0.39 is 10.0 Å². The van der Waals surface area contributed by atoms with Crippen molar-refractivity contribution in [2.45, 2.75) is 22.6 Å². The van der Waals surface area contributed by atoms with E-state index in [2.05, 4.69) is 28.1 Å². The first-order chi connectivity index (χ1) is 13.0. The van der Waals surface area contributed by atoms with Crippen molar-refractivity contribution in [1.82, 2.24) is 0 Å².